The van der Waals surface area contributed by atoms with E-state index in [9.17, 15) is 4.79 Å². The molecule has 0 radical (unpaired) electrons. The molecule has 0 N–H and O–H groups in total. The summed E-state index contributed by atoms with van der Waals surface area (Å²) in [5.74, 6) is 1.48. The van der Waals surface area contributed by atoms with Crippen molar-refractivity contribution in [2.75, 3.05) is 32.7 Å². The van der Waals surface area contributed by atoms with Crippen molar-refractivity contribution < 1.29 is 4.79 Å². The third-order valence-electron chi connectivity index (χ3n) is 7.29. The van der Waals surface area contributed by atoms with Crippen molar-refractivity contribution >= 4 is 5.91 Å². The van der Waals surface area contributed by atoms with Crippen LogP contribution in [0.3, 0.4) is 0 Å². The van der Waals surface area contributed by atoms with E-state index < -0.39 is 0 Å². The second-order valence-electron chi connectivity index (χ2n) is 10.2. The Bertz CT molecular complexity index is 434. The molecule has 28 heavy (non-hydrogen) atoms. The van der Waals surface area contributed by atoms with Gasteiger partial charge in [-0.1, -0.05) is 79.1 Å². The van der Waals surface area contributed by atoms with E-state index in [1.165, 1.54) is 90.3 Å². The molecule has 1 spiro atoms. The van der Waals surface area contributed by atoms with Crippen LogP contribution in [-0.4, -0.2) is 48.4 Å². The topological polar surface area (TPSA) is 23.6 Å². The van der Waals surface area contributed by atoms with Gasteiger partial charge in [-0.05, 0) is 37.0 Å². The van der Waals surface area contributed by atoms with Gasteiger partial charge in [0.1, 0.15) is 0 Å². The molecule has 0 bridgehead atoms. The molecule has 0 aliphatic carbocycles. The molecule has 164 valence electrons. The number of hydrogen-bond acceptors (Lipinski definition) is 2. The summed E-state index contributed by atoms with van der Waals surface area (Å²) in [6.45, 7) is 14.9. The summed E-state index contributed by atoms with van der Waals surface area (Å²) in [4.78, 5) is 17.6. The maximum absolute atomic E-state index is 12.8. The molecule has 2 fully saturated rings. The van der Waals surface area contributed by atoms with Gasteiger partial charge in [0.15, 0.2) is 0 Å². The van der Waals surface area contributed by atoms with E-state index in [0.29, 0.717) is 11.3 Å². The zero-order valence-electron chi connectivity index (χ0n) is 19.5. The summed E-state index contributed by atoms with van der Waals surface area (Å²) >= 11 is 0. The van der Waals surface area contributed by atoms with Gasteiger partial charge in [0, 0.05) is 38.6 Å². The molecule has 2 saturated heterocycles. The first kappa shape index (κ1) is 23.7. The molecule has 2 aliphatic heterocycles. The Kier molecular flexibility index (Phi) is 10.3. The highest BCUT2D eigenvalue weighted by Gasteiger charge is 2.45. The van der Waals surface area contributed by atoms with Crippen LogP contribution in [0, 0.1) is 17.3 Å². The van der Waals surface area contributed by atoms with Crippen molar-refractivity contribution in [1.82, 2.24) is 9.80 Å². The number of hydrogen-bond donors (Lipinski definition) is 0. The standard InChI is InChI=1S/C25H48N2O/c1-5-7-9-11-13-22(3)19-26-20-25(21-26)15-17-27(18-16-25)24(28)23(4)14-12-10-8-6-2/h22-23H,5-21H2,1-4H3. The van der Waals surface area contributed by atoms with Crippen LogP contribution in [0.2, 0.25) is 0 Å². The summed E-state index contributed by atoms with van der Waals surface area (Å²) in [5.41, 5.74) is 0.531. The van der Waals surface area contributed by atoms with Gasteiger partial charge >= 0.3 is 0 Å². The number of nitrogens with zero attached hydrogens (tertiary/aromatic N) is 2. The van der Waals surface area contributed by atoms with E-state index >= 15 is 0 Å². The van der Waals surface area contributed by atoms with Crippen LogP contribution in [0.25, 0.3) is 0 Å². The number of amides is 1. The highest BCUT2D eigenvalue weighted by Crippen LogP contribution is 2.41. The van der Waals surface area contributed by atoms with E-state index in [1.807, 2.05) is 0 Å². The minimum absolute atomic E-state index is 0.220. The first-order valence-corrected chi connectivity index (χ1v) is 12.5. The van der Waals surface area contributed by atoms with Gasteiger partial charge in [0.2, 0.25) is 5.91 Å². The number of unbranched alkanes of at least 4 members (excludes halogenated alkanes) is 6. The van der Waals surface area contributed by atoms with Gasteiger partial charge in [0.25, 0.3) is 0 Å². The third kappa shape index (κ3) is 7.35. The Balaban J connectivity index is 1.60. The van der Waals surface area contributed by atoms with Crippen molar-refractivity contribution in [2.24, 2.45) is 17.3 Å². The Morgan fingerprint density at radius 2 is 1.43 bits per heavy atom. The normalized spacial score (nSPS) is 21.5. The van der Waals surface area contributed by atoms with Gasteiger partial charge in [0.05, 0.1) is 0 Å². The predicted octanol–water partition coefficient (Wildman–Crippen LogP) is 6.12. The molecule has 0 aromatic rings. The zero-order chi connectivity index (χ0) is 20.4. The molecule has 2 atom stereocenters. The Hall–Kier alpha value is -0.570. The molecule has 3 nitrogen and oxygen atoms in total. The van der Waals surface area contributed by atoms with E-state index in [4.69, 9.17) is 0 Å². The van der Waals surface area contributed by atoms with Crippen LogP contribution in [0.5, 0.6) is 0 Å². The number of piperidine rings is 1. The smallest absolute Gasteiger partial charge is 0.225 e. The monoisotopic (exact) mass is 392 g/mol. The van der Waals surface area contributed by atoms with Crippen molar-refractivity contribution in [1.29, 1.82) is 0 Å². The highest BCUT2D eigenvalue weighted by molar-refractivity contribution is 5.78. The number of carbonyl (C=O) groups excluding carboxylic acids is 1. The fourth-order valence-electron chi connectivity index (χ4n) is 5.31. The number of carbonyl (C=O) groups is 1. The summed E-state index contributed by atoms with van der Waals surface area (Å²) in [7, 11) is 0. The maximum atomic E-state index is 12.8. The lowest BCUT2D eigenvalue weighted by Gasteiger charge is -2.55. The molecule has 0 saturated carbocycles. The minimum atomic E-state index is 0.220. The summed E-state index contributed by atoms with van der Waals surface area (Å²) in [5, 5.41) is 0. The van der Waals surface area contributed by atoms with Crippen molar-refractivity contribution in [3.8, 4) is 0 Å². The van der Waals surface area contributed by atoms with Crippen LogP contribution >= 0.6 is 0 Å². The van der Waals surface area contributed by atoms with Crippen molar-refractivity contribution in [3.63, 3.8) is 0 Å². The van der Waals surface area contributed by atoms with Crippen LogP contribution in [-0.2, 0) is 4.79 Å². The SMILES string of the molecule is CCCCCCC(C)CN1CC2(CCN(C(=O)C(C)CCCCCC)CC2)C1. The average Bonchev–Trinajstić information content (AvgIpc) is 2.67. The molecule has 3 heteroatoms. The molecule has 0 aromatic carbocycles. The molecular formula is C25H48N2O. The van der Waals surface area contributed by atoms with Crippen LogP contribution in [0.15, 0.2) is 0 Å². The van der Waals surface area contributed by atoms with Gasteiger partial charge in [-0.15, -0.1) is 0 Å². The van der Waals surface area contributed by atoms with Gasteiger partial charge < -0.3 is 9.80 Å². The minimum Gasteiger partial charge on any atom is -0.342 e. The summed E-state index contributed by atoms with van der Waals surface area (Å²) in [6, 6.07) is 0. The van der Waals surface area contributed by atoms with Gasteiger partial charge in [-0.2, -0.15) is 0 Å². The second kappa shape index (κ2) is 12.2. The van der Waals surface area contributed by atoms with Crippen LogP contribution in [0.4, 0.5) is 0 Å². The number of rotatable bonds is 13. The lowest BCUT2D eigenvalue weighted by molar-refractivity contribution is -0.140. The molecule has 2 heterocycles. The first-order chi connectivity index (χ1) is 13.5. The second-order valence-corrected chi connectivity index (χ2v) is 10.2. The summed E-state index contributed by atoms with van der Waals surface area (Å²) < 4.78 is 0. The predicted molar refractivity (Wildman–Crippen MR) is 121 cm³/mol. The van der Waals surface area contributed by atoms with Gasteiger partial charge in [-0.3, -0.25) is 4.79 Å². The fourth-order valence-corrected chi connectivity index (χ4v) is 5.31. The quantitative estimate of drug-likeness (QED) is 0.352. The van der Waals surface area contributed by atoms with Crippen molar-refractivity contribution in [3.05, 3.63) is 0 Å². The highest BCUT2D eigenvalue weighted by atomic mass is 16.2. The lowest BCUT2D eigenvalue weighted by atomic mass is 9.71. The molecular weight excluding hydrogens is 344 g/mol. The molecule has 2 rings (SSSR count). The fraction of sp³-hybridized carbons (Fsp3) is 0.960. The van der Waals surface area contributed by atoms with E-state index in [0.717, 1.165) is 25.4 Å². The summed E-state index contributed by atoms with van der Waals surface area (Å²) in [6.07, 6.45) is 15.5. The molecule has 2 unspecified atom stereocenters. The zero-order valence-corrected chi connectivity index (χ0v) is 19.5. The van der Waals surface area contributed by atoms with E-state index in [2.05, 4.69) is 37.5 Å². The van der Waals surface area contributed by atoms with Crippen molar-refractivity contribution in [2.45, 2.75) is 105 Å². The maximum Gasteiger partial charge on any atom is 0.225 e. The first-order valence-electron chi connectivity index (χ1n) is 12.5. The molecule has 1 amide bonds. The van der Waals surface area contributed by atoms with Crippen LogP contribution in [0.1, 0.15) is 105 Å². The van der Waals surface area contributed by atoms with Crippen LogP contribution < -0.4 is 0 Å². The molecule has 2 aliphatic rings. The Morgan fingerprint density at radius 3 is 2.00 bits per heavy atom. The average molecular weight is 393 g/mol. The van der Waals surface area contributed by atoms with E-state index in [-0.39, 0.29) is 5.92 Å². The number of likely N-dealkylation sites (tertiary alicyclic amines) is 2. The Labute approximate surface area is 175 Å². The third-order valence-corrected chi connectivity index (χ3v) is 7.29. The molecule has 0 aromatic heterocycles. The lowest BCUT2D eigenvalue weighted by Crippen LogP contribution is -2.61. The van der Waals surface area contributed by atoms with Gasteiger partial charge in [-0.25, -0.2) is 0 Å². The Morgan fingerprint density at radius 1 is 0.857 bits per heavy atom. The van der Waals surface area contributed by atoms with E-state index in [1.54, 1.807) is 0 Å². The largest absolute Gasteiger partial charge is 0.342 e.